The molecular weight excluding hydrogens is 312 g/mol. The third kappa shape index (κ3) is 5.04. The molecule has 0 atom stereocenters. The van der Waals surface area contributed by atoms with Crippen molar-refractivity contribution in [2.45, 2.75) is 0 Å². The molecule has 0 bridgehead atoms. The predicted octanol–water partition coefficient (Wildman–Crippen LogP) is 3.88. The molecule has 0 unspecified atom stereocenters. The van der Waals surface area contributed by atoms with E-state index >= 15 is 0 Å². The van der Waals surface area contributed by atoms with Gasteiger partial charge in [0, 0.05) is 0 Å². The molecule has 0 aliphatic rings. The molecule has 0 radical (unpaired) electrons. The van der Waals surface area contributed by atoms with Gasteiger partial charge in [0.05, 0.1) is 6.21 Å². The Bertz CT molecular complexity index is 829. The molecule has 124 valence electrons. The van der Waals surface area contributed by atoms with Crippen molar-refractivity contribution >= 4 is 12.1 Å². The summed E-state index contributed by atoms with van der Waals surface area (Å²) >= 11 is 0. The number of nitrogens with one attached hydrogen (secondary N) is 1. The molecule has 3 aromatic carbocycles. The van der Waals surface area contributed by atoms with Gasteiger partial charge in [-0.05, 0) is 28.8 Å². The summed E-state index contributed by atoms with van der Waals surface area (Å²) in [4.78, 5) is 11.7. The molecule has 3 aromatic rings. The molecular formula is C21H18N2O2. The van der Waals surface area contributed by atoms with E-state index in [0.717, 1.165) is 16.7 Å². The molecule has 0 spiro atoms. The average molecular weight is 330 g/mol. The predicted molar refractivity (Wildman–Crippen MR) is 99.6 cm³/mol. The van der Waals surface area contributed by atoms with Crippen LogP contribution in [0.15, 0.2) is 90.0 Å². The van der Waals surface area contributed by atoms with E-state index in [0.29, 0.717) is 5.75 Å². The molecule has 0 aliphatic carbocycles. The van der Waals surface area contributed by atoms with Crippen molar-refractivity contribution in [3.63, 3.8) is 0 Å². The molecule has 3 rings (SSSR count). The summed E-state index contributed by atoms with van der Waals surface area (Å²) in [5.41, 5.74) is 5.60. The first-order valence-corrected chi connectivity index (χ1v) is 7.96. The van der Waals surface area contributed by atoms with Crippen molar-refractivity contribution in [3.05, 3.63) is 90.5 Å². The molecule has 4 nitrogen and oxygen atoms in total. The van der Waals surface area contributed by atoms with Gasteiger partial charge in [0.25, 0.3) is 5.91 Å². The molecule has 0 aliphatic heterocycles. The summed E-state index contributed by atoms with van der Waals surface area (Å²) in [7, 11) is 0. The number of hydrogen-bond acceptors (Lipinski definition) is 3. The second-order valence-corrected chi connectivity index (χ2v) is 5.38. The van der Waals surface area contributed by atoms with Gasteiger partial charge < -0.3 is 4.74 Å². The number of hydrogen-bond donors (Lipinski definition) is 1. The van der Waals surface area contributed by atoms with Crippen LogP contribution < -0.4 is 10.2 Å². The SMILES string of the molecule is O=C(COc1ccc(-c2ccccc2)cc1)N/N=C/c1ccccc1. The lowest BCUT2D eigenvalue weighted by Gasteiger charge is -2.06. The minimum atomic E-state index is -0.306. The zero-order chi connectivity index (χ0) is 17.3. The normalized spacial score (nSPS) is 10.6. The van der Waals surface area contributed by atoms with Crippen LogP contribution in [0.25, 0.3) is 11.1 Å². The highest BCUT2D eigenvalue weighted by atomic mass is 16.5. The number of nitrogens with zero attached hydrogens (tertiary/aromatic N) is 1. The molecule has 0 fully saturated rings. The van der Waals surface area contributed by atoms with E-state index in [1.165, 1.54) is 0 Å². The molecule has 4 heteroatoms. The Morgan fingerprint density at radius 3 is 2.12 bits per heavy atom. The Morgan fingerprint density at radius 1 is 0.840 bits per heavy atom. The summed E-state index contributed by atoms with van der Waals surface area (Å²) in [6.07, 6.45) is 1.59. The lowest BCUT2D eigenvalue weighted by atomic mass is 10.1. The monoisotopic (exact) mass is 330 g/mol. The van der Waals surface area contributed by atoms with Crippen LogP contribution >= 0.6 is 0 Å². The van der Waals surface area contributed by atoms with E-state index in [4.69, 9.17) is 4.74 Å². The van der Waals surface area contributed by atoms with Gasteiger partial charge in [-0.1, -0.05) is 72.8 Å². The molecule has 0 heterocycles. The third-order valence-corrected chi connectivity index (χ3v) is 3.53. The number of carbonyl (C=O) groups excluding carboxylic acids is 1. The smallest absolute Gasteiger partial charge is 0.277 e. The Labute approximate surface area is 146 Å². The fourth-order valence-corrected chi connectivity index (χ4v) is 2.27. The van der Waals surface area contributed by atoms with Crippen molar-refractivity contribution in [3.8, 4) is 16.9 Å². The van der Waals surface area contributed by atoms with Crippen LogP contribution in [-0.4, -0.2) is 18.7 Å². The third-order valence-electron chi connectivity index (χ3n) is 3.53. The van der Waals surface area contributed by atoms with Crippen molar-refractivity contribution in [1.82, 2.24) is 5.43 Å². The average Bonchev–Trinajstić information content (AvgIpc) is 2.68. The quantitative estimate of drug-likeness (QED) is 0.551. The van der Waals surface area contributed by atoms with Crippen LogP contribution in [0.3, 0.4) is 0 Å². The molecule has 25 heavy (non-hydrogen) atoms. The molecule has 1 amide bonds. The van der Waals surface area contributed by atoms with Gasteiger partial charge in [0.15, 0.2) is 6.61 Å². The van der Waals surface area contributed by atoms with Crippen LogP contribution in [-0.2, 0) is 4.79 Å². The first kappa shape index (κ1) is 16.5. The minimum absolute atomic E-state index is 0.0865. The van der Waals surface area contributed by atoms with Crippen molar-refractivity contribution in [1.29, 1.82) is 0 Å². The van der Waals surface area contributed by atoms with E-state index in [2.05, 4.69) is 10.5 Å². The maximum Gasteiger partial charge on any atom is 0.277 e. The van der Waals surface area contributed by atoms with Gasteiger partial charge >= 0.3 is 0 Å². The van der Waals surface area contributed by atoms with Crippen LogP contribution in [0.1, 0.15) is 5.56 Å². The van der Waals surface area contributed by atoms with Crippen LogP contribution in [0.2, 0.25) is 0 Å². The Hall–Kier alpha value is -3.40. The largest absolute Gasteiger partial charge is 0.484 e. The maximum atomic E-state index is 11.7. The standard InChI is InChI=1S/C21H18N2O2/c24-21(23-22-15-17-7-3-1-4-8-17)16-25-20-13-11-19(12-14-20)18-9-5-2-6-10-18/h1-15H,16H2,(H,23,24)/b22-15+. The topological polar surface area (TPSA) is 50.7 Å². The summed E-state index contributed by atoms with van der Waals surface area (Å²) in [5, 5.41) is 3.90. The second-order valence-electron chi connectivity index (χ2n) is 5.38. The highest BCUT2D eigenvalue weighted by Gasteiger charge is 2.02. The van der Waals surface area contributed by atoms with Gasteiger partial charge in [-0.15, -0.1) is 0 Å². The minimum Gasteiger partial charge on any atom is -0.484 e. The Balaban J connectivity index is 1.48. The van der Waals surface area contributed by atoms with E-state index in [1.54, 1.807) is 6.21 Å². The first-order valence-electron chi connectivity index (χ1n) is 7.96. The van der Waals surface area contributed by atoms with E-state index < -0.39 is 0 Å². The molecule has 1 N–H and O–H groups in total. The maximum absolute atomic E-state index is 11.7. The first-order chi connectivity index (χ1) is 12.3. The summed E-state index contributed by atoms with van der Waals surface area (Å²) < 4.78 is 5.48. The highest BCUT2D eigenvalue weighted by Crippen LogP contribution is 2.21. The lowest BCUT2D eigenvalue weighted by Crippen LogP contribution is -2.24. The zero-order valence-electron chi connectivity index (χ0n) is 13.6. The number of hydrazone groups is 1. The summed E-state index contributed by atoms with van der Waals surface area (Å²) in [5.74, 6) is 0.334. The fraction of sp³-hybridized carbons (Fsp3) is 0.0476. The number of carbonyl (C=O) groups is 1. The van der Waals surface area contributed by atoms with Crippen molar-refractivity contribution < 1.29 is 9.53 Å². The second kappa shape index (κ2) is 8.45. The number of amides is 1. The number of ether oxygens (including phenoxy) is 1. The Morgan fingerprint density at radius 2 is 1.44 bits per heavy atom. The van der Waals surface area contributed by atoms with Gasteiger partial charge in [0.1, 0.15) is 5.75 Å². The van der Waals surface area contributed by atoms with Crippen LogP contribution in [0.4, 0.5) is 0 Å². The summed E-state index contributed by atoms with van der Waals surface area (Å²) in [6, 6.07) is 27.3. The van der Waals surface area contributed by atoms with Crippen molar-refractivity contribution in [2.24, 2.45) is 5.10 Å². The van der Waals surface area contributed by atoms with Gasteiger partial charge in [-0.25, -0.2) is 5.43 Å². The van der Waals surface area contributed by atoms with E-state index in [9.17, 15) is 4.79 Å². The van der Waals surface area contributed by atoms with E-state index in [1.807, 2.05) is 84.9 Å². The Kier molecular flexibility index (Phi) is 5.56. The van der Waals surface area contributed by atoms with Gasteiger partial charge in [-0.3, -0.25) is 4.79 Å². The molecule has 0 saturated heterocycles. The molecule has 0 aromatic heterocycles. The van der Waals surface area contributed by atoms with E-state index in [-0.39, 0.29) is 12.5 Å². The highest BCUT2D eigenvalue weighted by molar-refractivity contribution is 5.82. The van der Waals surface area contributed by atoms with Gasteiger partial charge in [-0.2, -0.15) is 5.10 Å². The van der Waals surface area contributed by atoms with Crippen LogP contribution in [0, 0.1) is 0 Å². The summed E-state index contributed by atoms with van der Waals surface area (Å²) in [6.45, 7) is -0.0865. The zero-order valence-corrected chi connectivity index (χ0v) is 13.6. The van der Waals surface area contributed by atoms with Crippen molar-refractivity contribution in [2.75, 3.05) is 6.61 Å². The van der Waals surface area contributed by atoms with Crippen LogP contribution in [0.5, 0.6) is 5.75 Å². The fourth-order valence-electron chi connectivity index (χ4n) is 2.27. The van der Waals surface area contributed by atoms with Gasteiger partial charge in [0.2, 0.25) is 0 Å². The molecule has 0 saturated carbocycles. The lowest BCUT2D eigenvalue weighted by molar-refractivity contribution is -0.123. The number of benzene rings is 3. The number of rotatable bonds is 6.